The van der Waals surface area contributed by atoms with Gasteiger partial charge in [-0.25, -0.2) is 0 Å². The van der Waals surface area contributed by atoms with E-state index in [1.807, 2.05) is 104 Å². The Labute approximate surface area is 343 Å². The Morgan fingerprint density at radius 2 is 0.672 bits per heavy atom. The van der Waals surface area contributed by atoms with Crippen LogP contribution in [0.1, 0.15) is 113 Å². The lowest BCUT2D eigenvalue weighted by Gasteiger charge is -2.26. The topological polar surface area (TPSA) is 89.5 Å². The zero-order valence-electron chi connectivity index (χ0n) is 33.6. The second-order valence-corrected chi connectivity index (χ2v) is 16.8. The van der Waals surface area contributed by atoms with E-state index in [0.717, 1.165) is 22.3 Å². The Balaban J connectivity index is 1.27. The molecule has 0 fully saturated rings. The minimum atomic E-state index is -2.21. The molecule has 0 saturated heterocycles. The van der Waals surface area contributed by atoms with E-state index in [4.69, 9.17) is 27.1 Å². The van der Waals surface area contributed by atoms with Gasteiger partial charge in [0.2, 0.25) is 5.78 Å². The van der Waals surface area contributed by atoms with Crippen LogP contribution in [0.15, 0.2) is 133 Å². The average molecular weight is 813 g/mol. The zero-order valence-corrected chi connectivity index (χ0v) is 35.4. The van der Waals surface area contributed by atoms with Crippen LogP contribution in [-0.4, -0.2) is 11.6 Å². The Hall–Kier alpha value is -5.68. The predicted octanol–water partition coefficient (Wildman–Crippen LogP) is 13.7. The van der Waals surface area contributed by atoms with Crippen molar-refractivity contribution in [1.29, 1.82) is 0 Å². The summed E-state index contributed by atoms with van der Waals surface area (Å²) >= 11 is 0. The fourth-order valence-electron chi connectivity index (χ4n) is 6.71. The number of carbonyl (C=O) groups excluding carboxylic acids is 2. The number of para-hydroxylation sites is 4. The largest absolute Gasteiger partial charge is 0.530 e. The van der Waals surface area contributed by atoms with Gasteiger partial charge in [-0.3, -0.25) is 9.59 Å². The van der Waals surface area contributed by atoms with Crippen molar-refractivity contribution in [3.8, 4) is 34.5 Å². The molecule has 6 aromatic rings. The minimum absolute atomic E-state index is 0.0825. The molecule has 0 aliphatic heterocycles. The van der Waals surface area contributed by atoms with E-state index in [9.17, 15) is 9.59 Å². The monoisotopic (exact) mass is 812 g/mol. The van der Waals surface area contributed by atoms with Gasteiger partial charge < -0.3 is 27.1 Å². The second-order valence-electron chi connectivity index (χ2n) is 14.9. The zero-order chi connectivity index (χ0) is 40.9. The maximum atomic E-state index is 14.9. The number of benzene rings is 6. The summed E-state index contributed by atoms with van der Waals surface area (Å²) < 4.78 is 39.2. The van der Waals surface area contributed by atoms with Crippen LogP contribution in [0, 0.1) is 6.92 Å². The molecule has 0 N–H and O–H groups in total. The number of aryl methyl sites for hydroxylation is 1. The summed E-state index contributed by atoms with van der Waals surface area (Å²) in [6, 6.07) is 40.7. The Kier molecular flexibility index (Phi) is 12.5. The summed E-state index contributed by atoms with van der Waals surface area (Å²) in [4.78, 5) is 29.2. The van der Waals surface area contributed by atoms with Gasteiger partial charge in [0.25, 0.3) is 0 Å². The number of rotatable bonds is 15. The molecular formula is C48H46O8P2. The van der Waals surface area contributed by atoms with Crippen molar-refractivity contribution in [2.24, 2.45) is 0 Å². The molecule has 0 heterocycles. The van der Waals surface area contributed by atoms with E-state index >= 15 is 0 Å². The van der Waals surface area contributed by atoms with E-state index in [1.54, 1.807) is 36.4 Å². The van der Waals surface area contributed by atoms with Crippen molar-refractivity contribution < 1.29 is 36.7 Å². The van der Waals surface area contributed by atoms with E-state index in [0.29, 0.717) is 23.0 Å². The minimum Gasteiger partial charge on any atom is -0.408 e. The lowest BCUT2D eigenvalue weighted by atomic mass is 9.83. The van der Waals surface area contributed by atoms with Crippen molar-refractivity contribution in [1.82, 2.24) is 0 Å². The molecule has 0 aromatic heterocycles. The summed E-state index contributed by atoms with van der Waals surface area (Å²) in [5.74, 6) is 2.29. The van der Waals surface area contributed by atoms with Crippen molar-refractivity contribution in [2.45, 2.75) is 66.2 Å². The number of hydrogen-bond donors (Lipinski definition) is 0. The molecule has 7 rings (SSSR count). The highest BCUT2D eigenvalue weighted by atomic mass is 31.2. The summed E-state index contributed by atoms with van der Waals surface area (Å²) in [5, 5.41) is 0. The van der Waals surface area contributed by atoms with Crippen LogP contribution in [0.25, 0.3) is 0 Å². The third kappa shape index (κ3) is 8.74. The van der Waals surface area contributed by atoms with Crippen molar-refractivity contribution in [2.75, 3.05) is 0 Å². The molecule has 0 radical (unpaired) electrons. The molecule has 10 heteroatoms. The standard InChI is InChI=1S/C48H46O8P2/c1-30(2)34-19-9-13-25-40(34)52-57(51-39-24-12-8-18-33(39)7)55-43-28-16-22-37-45(43)48(50)46-38(47(37)49)23-17-29-44(46)56-58(53-41-26-14-10-20-35(41)31(3)4)54-42-27-15-11-21-36(42)32(5)6/h8-32H,1-7H3. The molecule has 8 nitrogen and oxygen atoms in total. The van der Waals surface area contributed by atoms with Gasteiger partial charge in [-0.05, 0) is 83.3 Å². The summed E-state index contributed by atoms with van der Waals surface area (Å²) in [6.45, 7) is 14.4. The van der Waals surface area contributed by atoms with Crippen LogP contribution in [0.4, 0.5) is 0 Å². The highest BCUT2D eigenvalue weighted by Gasteiger charge is 2.38. The molecule has 6 aromatic carbocycles. The van der Waals surface area contributed by atoms with E-state index in [-0.39, 0.29) is 57.3 Å². The summed E-state index contributed by atoms with van der Waals surface area (Å²) in [6.07, 6.45) is 0. The van der Waals surface area contributed by atoms with Crippen molar-refractivity contribution in [3.05, 3.63) is 178 Å². The van der Waals surface area contributed by atoms with Gasteiger partial charge in [0.15, 0.2) is 5.78 Å². The van der Waals surface area contributed by atoms with Crippen LogP contribution in [-0.2, 0) is 0 Å². The third-order valence-corrected chi connectivity index (χ3v) is 11.8. The van der Waals surface area contributed by atoms with Gasteiger partial charge in [-0.1, -0.05) is 139 Å². The first-order valence-corrected chi connectivity index (χ1v) is 21.5. The van der Waals surface area contributed by atoms with Gasteiger partial charge in [-0.2, -0.15) is 0 Å². The molecule has 0 saturated carbocycles. The SMILES string of the molecule is Cc1ccccc1OP(Oc1ccccc1C(C)C)Oc1cccc2c1C(=O)c1c(OP(Oc3ccccc3C(C)C)Oc3ccccc3C(C)C)cccc1C2=O. The van der Waals surface area contributed by atoms with Gasteiger partial charge in [-0.15, -0.1) is 0 Å². The fraction of sp³-hybridized carbons (Fsp3) is 0.208. The molecule has 0 spiro atoms. The quantitative estimate of drug-likeness (QED) is 0.0946. The van der Waals surface area contributed by atoms with Crippen LogP contribution in [0.3, 0.4) is 0 Å². The normalized spacial score (nSPS) is 12.7. The number of hydrogen-bond acceptors (Lipinski definition) is 8. The third-order valence-electron chi connectivity index (χ3n) is 9.75. The van der Waals surface area contributed by atoms with Gasteiger partial charge in [0, 0.05) is 11.1 Å². The fourth-order valence-corrected chi connectivity index (χ4v) is 8.90. The van der Waals surface area contributed by atoms with Crippen molar-refractivity contribution >= 4 is 28.8 Å². The maximum Gasteiger partial charge on any atom is 0.530 e. The molecule has 0 bridgehead atoms. The van der Waals surface area contributed by atoms with Gasteiger partial charge in [0.1, 0.15) is 34.5 Å². The molecule has 58 heavy (non-hydrogen) atoms. The molecular weight excluding hydrogens is 766 g/mol. The number of fused-ring (bicyclic) bond motifs is 2. The van der Waals surface area contributed by atoms with E-state index < -0.39 is 23.0 Å². The van der Waals surface area contributed by atoms with E-state index in [2.05, 4.69) is 41.5 Å². The van der Waals surface area contributed by atoms with Crippen LogP contribution >= 0.6 is 17.2 Å². The first-order chi connectivity index (χ1) is 28.0. The highest BCUT2D eigenvalue weighted by molar-refractivity contribution is 7.43. The molecule has 0 amide bonds. The van der Waals surface area contributed by atoms with Crippen LogP contribution < -0.4 is 27.1 Å². The Morgan fingerprint density at radius 1 is 0.362 bits per heavy atom. The molecule has 296 valence electrons. The summed E-state index contributed by atoms with van der Waals surface area (Å²) in [5.41, 5.74) is 4.36. The highest BCUT2D eigenvalue weighted by Crippen LogP contribution is 2.50. The Morgan fingerprint density at radius 3 is 1.05 bits per heavy atom. The maximum absolute atomic E-state index is 14.9. The number of ketones is 2. The van der Waals surface area contributed by atoms with Crippen molar-refractivity contribution in [3.63, 3.8) is 0 Å². The lowest BCUT2D eigenvalue weighted by molar-refractivity contribution is 0.0975. The molecule has 1 aliphatic carbocycles. The first kappa shape index (κ1) is 40.5. The average Bonchev–Trinajstić information content (AvgIpc) is 3.21. The lowest BCUT2D eigenvalue weighted by Crippen LogP contribution is -2.23. The molecule has 1 aliphatic rings. The first-order valence-electron chi connectivity index (χ1n) is 19.4. The summed E-state index contributed by atoms with van der Waals surface area (Å²) in [7, 11) is -4.40. The molecule has 1 unspecified atom stereocenters. The molecule has 1 atom stereocenters. The predicted molar refractivity (Wildman–Crippen MR) is 230 cm³/mol. The van der Waals surface area contributed by atoms with Crippen LogP contribution in [0.5, 0.6) is 34.5 Å². The van der Waals surface area contributed by atoms with Gasteiger partial charge >= 0.3 is 17.2 Å². The second kappa shape index (κ2) is 17.9. The van der Waals surface area contributed by atoms with Gasteiger partial charge in [0.05, 0.1) is 11.1 Å². The van der Waals surface area contributed by atoms with Crippen LogP contribution in [0.2, 0.25) is 0 Å². The number of carbonyl (C=O) groups is 2. The van der Waals surface area contributed by atoms with E-state index in [1.165, 1.54) is 0 Å². The Bertz CT molecular complexity index is 2390. The smallest absolute Gasteiger partial charge is 0.408 e.